The van der Waals surface area contributed by atoms with Crippen LogP contribution >= 0.6 is 27.7 Å². The molecule has 5 nitrogen and oxygen atoms in total. The van der Waals surface area contributed by atoms with Crippen LogP contribution < -0.4 is 17.0 Å². The first kappa shape index (κ1) is 10.6. The second kappa shape index (κ2) is 4.64. The summed E-state index contributed by atoms with van der Waals surface area (Å²) in [6.45, 7) is 0.533. The molecule has 0 aliphatic heterocycles. The number of aromatic amines is 1. The van der Waals surface area contributed by atoms with Crippen molar-refractivity contribution in [1.82, 2.24) is 9.97 Å². The third kappa shape index (κ3) is 2.71. The lowest BCUT2D eigenvalue weighted by atomic mass is 10.6. The molecular weight excluding hydrogens is 256 g/mol. The molecule has 0 saturated heterocycles. The predicted molar refractivity (Wildman–Crippen MR) is 56.7 cm³/mol. The Kier molecular flexibility index (Phi) is 3.76. The Hall–Kier alpha value is -0.530. The molecule has 1 rings (SSSR count). The van der Waals surface area contributed by atoms with Crippen LogP contribution in [0.15, 0.2) is 14.3 Å². The Morgan fingerprint density at radius 2 is 2.31 bits per heavy atom. The fourth-order valence-corrected chi connectivity index (χ4v) is 1.93. The SMILES string of the molecule is NCCSc1nc(N)[nH]c(=O)c1Br. The van der Waals surface area contributed by atoms with Crippen LogP contribution in [0.4, 0.5) is 5.95 Å². The number of halogens is 1. The summed E-state index contributed by atoms with van der Waals surface area (Å²) in [5, 5.41) is 0.576. The van der Waals surface area contributed by atoms with Gasteiger partial charge in [-0.3, -0.25) is 9.78 Å². The fourth-order valence-electron chi connectivity index (χ4n) is 0.706. The molecule has 0 aliphatic rings. The summed E-state index contributed by atoms with van der Waals surface area (Å²) in [5.41, 5.74) is 10.4. The highest BCUT2D eigenvalue weighted by molar-refractivity contribution is 9.10. The number of nitrogen functional groups attached to an aromatic ring is 1. The van der Waals surface area contributed by atoms with Gasteiger partial charge >= 0.3 is 0 Å². The number of nitrogens with zero attached hydrogens (tertiary/aromatic N) is 1. The van der Waals surface area contributed by atoms with Crippen LogP contribution in [0.25, 0.3) is 0 Å². The number of hydrogen-bond acceptors (Lipinski definition) is 5. The number of nitrogens with one attached hydrogen (secondary N) is 1. The third-order valence-electron chi connectivity index (χ3n) is 1.21. The minimum absolute atomic E-state index is 0.118. The molecule has 0 saturated carbocycles. The van der Waals surface area contributed by atoms with Gasteiger partial charge in [-0.1, -0.05) is 0 Å². The number of anilines is 1. The monoisotopic (exact) mass is 264 g/mol. The lowest BCUT2D eigenvalue weighted by Gasteiger charge is -2.01. The van der Waals surface area contributed by atoms with Gasteiger partial charge in [-0.05, 0) is 15.9 Å². The molecule has 0 fully saturated rings. The number of rotatable bonds is 3. The number of thioether (sulfide) groups is 1. The van der Waals surface area contributed by atoms with Crippen molar-refractivity contribution < 1.29 is 0 Å². The summed E-state index contributed by atoms with van der Waals surface area (Å²) in [7, 11) is 0. The molecule has 7 heteroatoms. The van der Waals surface area contributed by atoms with E-state index in [0.29, 0.717) is 21.8 Å². The summed E-state index contributed by atoms with van der Waals surface area (Å²) in [6, 6.07) is 0. The Morgan fingerprint density at radius 1 is 1.62 bits per heavy atom. The van der Waals surface area contributed by atoms with Crippen molar-refractivity contribution in [2.75, 3.05) is 18.0 Å². The molecule has 0 aliphatic carbocycles. The van der Waals surface area contributed by atoms with Gasteiger partial charge in [0.15, 0.2) is 0 Å². The largest absolute Gasteiger partial charge is 0.369 e. The summed E-state index contributed by atoms with van der Waals surface area (Å²) < 4.78 is 0.403. The molecule has 13 heavy (non-hydrogen) atoms. The Balaban J connectivity index is 2.99. The van der Waals surface area contributed by atoms with Crippen molar-refractivity contribution in [3.63, 3.8) is 0 Å². The molecule has 5 N–H and O–H groups in total. The molecule has 1 aromatic rings. The van der Waals surface area contributed by atoms with E-state index in [1.807, 2.05) is 0 Å². The van der Waals surface area contributed by atoms with Crippen LogP contribution in [-0.2, 0) is 0 Å². The van der Waals surface area contributed by atoms with Crippen LogP contribution in [-0.4, -0.2) is 22.3 Å². The lowest BCUT2D eigenvalue weighted by molar-refractivity contribution is 1.00. The molecule has 0 spiro atoms. The van der Waals surface area contributed by atoms with Crippen LogP contribution in [0.5, 0.6) is 0 Å². The van der Waals surface area contributed by atoms with Crippen molar-refractivity contribution in [3.05, 3.63) is 14.8 Å². The lowest BCUT2D eigenvalue weighted by Crippen LogP contribution is -2.13. The van der Waals surface area contributed by atoms with E-state index in [-0.39, 0.29) is 11.5 Å². The normalized spacial score (nSPS) is 10.3. The van der Waals surface area contributed by atoms with Gasteiger partial charge in [0, 0.05) is 12.3 Å². The molecule has 0 atom stereocenters. The second-order valence-corrected chi connectivity index (χ2v) is 4.08. The average molecular weight is 265 g/mol. The molecular formula is C6H9BrN4OS. The molecule has 0 aromatic carbocycles. The topological polar surface area (TPSA) is 97.8 Å². The fraction of sp³-hybridized carbons (Fsp3) is 0.333. The first-order valence-corrected chi connectivity index (χ1v) is 5.31. The van der Waals surface area contributed by atoms with Crippen molar-refractivity contribution in [3.8, 4) is 0 Å². The van der Waals surface area contributed by atoms with Gasteiger partial charge in [0.1, 0.15) is 9.50 Å². The number of H-pyrrole nitrogens is 1. The van der Waals surface area contributed by atoms with Gasteiger partial charge in [-0.15, -0.1) is 11.8 Å². The third-order valence-corrected chi connectivity index (χ3v) is 3.21. The average Bonchev–Trinajstić information content (AvgIpc) is 2.09. The zero-order valence-electron chi connectivity index (χ0n) is 6.71. The van der Waals surface area contributed by atoms with Gasteiger partial charge in [0.05, 0.1) is 0 Å². The Morgan fingerprint density at radius 3 is 2.92 bits per heavy atom. The van der Waals surface area contributed by atoms with E-state index < -0.39 is 0 Å². The van der Waals surface area contributed by atoms with Crippen LogP contribution in [0.2, 0.25) is 0 Å². The van der Waals surface area contributed by atoms with Crippen LogP contribution in [0.3, 0.4) is 0 Å². The first-order chi connectivity index (χ1) is 6.15. The van der Waals surface area contributed by atoms with Gasteiger partial charge in [0.25, 0.3) is 5.56 Å². The van der Waals surface area contributed by atoms with Gasteiger partial charge in [-0.25, -0.2) is 4.98 Å². The summed E-state index contributed by atoms with van der Waals surface area (Å²) in [6.07, 6.45) is 0. The Bertz CT molecular complexity index is 353. The van der Waals surface area contributed by atoms with Crippen LogP contribution in [0, 0.1) is 0 Å². The van der Waals surface area contributed by atoms with Crippen molar-refractivity contribution in [2.45, 2.75) is 5.03 Å². The van der Waals surface area contributed by atoms with E-state index in [9.17, 15) is 4.79 Å². The molecule has 1 heterocycles. The van der Waals surface area contributed by atoms with E-state index in [0.717, 1.165) is 0 Å². The molecule has 0 radical (unpaired) electrons. The standard InChI is InChI=1S/C6H9BrN4OS/c7-3-4(12)10-6(9)11-5(3)13-2-1-8/h1-2,8H2,(H3,9,10,11,12). The second-order valence-electron chi connectivity index (χ2n) is 2.21. The maximum Gasteiger partial charge on any atom is 0.267 e. The highest BCUT2D eigenvalue weighted by Gasteiger charge is 2.07. The van der Waals surface area contributed by atoms with E-state index in [2.05, 4.69) is 25.9 Å². The predicted octanol–water partition coefficient (Wildman–Crippen LogP) is 0.165. The summed E-state index contributed by atoms with van der Waals surface area (Å²) in [5.74, 6) is 0.821. The maximum atomic E-state index is 11.2. The molecule has 1 aromatic heterocycles. The van der Waals surface area contributed by atoms with E-state index in [4.69, 9.17) is 11.5 Å². The summed E-state index contributed by atoms with van der Waals surface area (Å²) in [4.78, 5) is 17.5. The van der Waals surface area contributed by atoms with Gasteiger partial charge < -0.3 is 11.5 Å². The van der Waals surface area contributed by atoms with Crippen LogP contribution in [0.1, 0.15) is 0 Å². The van der Waals surface area contributed by atoms with Gasteiger partial charge in [-0.2, -0.15) is 0 Å². The van der Waals surface area contributed by atoms with E-state index in [1.165, 1.54) is 11.8 Å². The zero-order valence-corrected chi connectivity index (χ0v) is 9.11. The van der Waals surface area contributed by atoms with Crippen molar-refractivity contribution in [2.24, 2.45) is 5.73 Å². The maximum absolute atomic E-state index is 11.2. The molecule has 0 amide bonds. The van der Waals surface area contributed by atoms with Crippen molar-refractivity contribution in [1.29, 1.82) is 0 Å². The minimum atomic E-state index is -0.271. The quantitative estimate of drug-likeness (QED) is 0.534. The number of aromatic nitrogens is 2. The summed E-state index contributed by atoms with van der Waals surface area (Å²) >= 11 is 4.51. The highest BCUT2D eigenvalue weighted by atomic mass is 79.9. The van der Waals surface area contributed by atoms with Gasteiger partial charge in [0.2, 0.25) is 5.95 Å². The molecule has 0 bridgehead atoms. The number of nitrogens with two attached hydrogens (primary N) is 2. The molecule has 72 valence electrons. The Labute approximate surface area is 87.4 Å². The van der Waals surface area contributed by atoms with Crippen molar-refractivity contribution >= 4 is 33.6 Å². The van der Waals surface area contributed by atoms with E-state index >= 15 is 0 Å². The zero-order chi connectivity index (χ0) is 9.84. The smallest absolute Gasteiger partial charge is 0.267 e. The molecule has 0 unspecified atom stereocenters. The number of hydrogen-bond donors (Lipinski definition) is 3. The van der Waals surface area contributed by atoms with E-state index in [1.54, 1.807) is 0 Å². The minimum Gasteiger partial charge on any atom is -0.369 e. The first-order valence-electron chi connectivity index (χ1n) is 3.53. The highest BCUT2D eigenvalue weighted by Crippen LogP contribution is 2.21.